The molecule has 0 saturated heterocycles. The van der Waals surface area contributed by atoms with Crippen molar-refractivity contribution in [1.29, 1.82) is 0 Å². The van der Waals surface area contributed by atoms with E-state index in [9.17, 15) is 4.79 Å². The Morgan fingerprint density at radius 3 is 1.31 bits per heavy atom. The van der Waals surface area contributed by atoms with Crippen molar-refractivity contribution in [2.45, 2.75) is 0 Å². The van der Waals surface area contributed by atoms with Crippen LogP contribution in [0.4, 0.5) is 4.79 Å². The van der Waals surface area contributed by atoms with Crippen LogP contribution in [0.5, 0.6) is 0 Å². The van der Waals surface area contributed by atoms with Crippen molar-refractivity contribution >= 4 is 6.03 Å². The average Bonchev–Trinajstić information content (AvgIpc) is 2.30. The molecule has 0 unspecified atom stereocenters. The van der Waals surface area contributed by atoms with Crippen molar-refractivity contribution in [3.05, 3.63) is 49.6 Å². The molecule has 84 valence electrons. The number of hydrogen-bond acceptors (Lipinski definition) is 3. The maximum Gasteiger partial charge on any atom is 0.336 e. The zero-order valence-electron chi connectivity index (χ0n) is 9.32. The smallest absolute Gasteiger partial charge is 0.336 e. The molecule has 2 amide bonds. The average molecular weight is 218 g/mol. The molecule has 0 radical (unpaired) electrons. The monoisotopic (exact) mass is 218 g/mol. The number of amides is 2. The van der Waals surface area contributed by atoms with Crippen LogP contribution in [0.25, 0.3) is 0 Å². The molecule has 0 aromatic carbocycles. The maximum absolute atomic E-state index is 12.0. The van der Waals surface area contributed by atoms with E-state index < -0.39 is 0 Å². The number of nitrogens with zero attached hydrogens (tertiary/aromatic N) is 4. The van der Waals surface area contributed by atoms with Crippen LogP contribution in [0.1, 0.15) is 0 Å². The van der Waals surface area contributed by atoms with Gasteiger partial charge in [-0.25, -0.2) is 4.79 Å². The van der Waals surface area contributed by atoms with Crippen LogP contribution >= 0.6 is 0 Å². The van der Waals surface area contributed by atoms with E-state index in [1.54, 1.807) is 24.8 Å². The minimum atomic E-state index is -0.110. The van der Waals surface area contributed by atoms with Crippen molar-refractivity contribution in [3.63, 3.8) is 0 Å². The summed E-state index contributed by atoms with van der Waals surface area (Å²) in [7, 11) is 3.81. The van der Waals surface area contributed by atoms with Crippen LogP contribution in [0.3, 0.4) is 0 Å². The minimum Gasteiger partial charge on any atom is -0.354 e. The molecule has 2 heterocycles. The second-order valence-corrected chi connectivity index (χ2v) is 3.62. The Morgan fingerprint density at radius 1 is 0.688 bits per heavy atom. The molecule has 0 fully saturated rings. The van der Waals surface area contributed by atoms with Gasteiger partial charge in [0.25, 0.3) is 0 Å². The largest absolute Gasteiger partial charge is 0.354 e. The SMILES string of the molecule is CN1C=CN(C(=O)N2C=CN(C)C=C2)C=C1. The lowest BCUT2D eigenvalue weighted by Gasteiger charge is -2.26. The highest BCUT2D eigenvalue weighted by Crippen LogP contribution is 2.10. The first-order valence-corrected chi connectivity index (χ1v) is 4.94. The fourth-order valence-electron chi connectivity index (χ4n) is 1.30. The predicted molar refractivity (Wildman–Crippen MR) is 61.2 cm³/mol. The molecule has 2 aliphatic rings. The molecule has 2 rings (SSSR count). The minimum absolute atomic E-state index is 0.110. The first kappa shape index (κ1) is 10.4. The molecule has 0 N–H and O–H groups in total. The Labute approximate surface area is 94.8 Å². The summed E-state index contributed by atoms with van der Waals surface area (Å²) in [5.41, 5.74) is 0. The lowest BCUT2D eigenvalue weighted by atomic mass is 10.5. The van der Waals surface area contributed by atoms with Gasteiger partial charge in [-0.1, -0.05) is 0 Å². The molecule has 0 aromatic heterocycles. The van der Waals surface area contributed by atoms with Gasteiger partial charge in [0.2, 0.25) is 0 Å². The topological polar surface area (TPSA) is 30.0 Å². The normalized spacial score (nSPS) is 18.6. The van der Waals surface area contributed by atoms with E-state index in [0.29, 0.717) is 0 Å². The number of urea groups is 1. The van der Waals surface area contributed by atoms with Gasteiger partial charge in [0.05, 0.1) is 0 Å². The number of rotatable bonds is 0. The van der Waals surface area contributed by atoms with Crippen LogP contribution in [-0.4, -0.2) is 39.7 Å². The van der Waals surface area contributed by atoms with E-state index in [0.717, 1.165) is 0 Å². The van der Waals surface area contributed by atoms with Crippen molar-refractivity contribution in [2.75, 3.05) is 14.1 Å². The van der Waals surface area contributed by atoms with Crippen molar-refractivity contribution in [3.8, 4) is 0 Å². The Morgan fingerprint density at radius 2 is 1.00 bits per heavy atom. The Kier molecular flexibility index (Phi) is 2.68. The van der Waals surface area contributed by atoms with E-state index >= 15 is 0 Å². The fraction of sp³-hybridized carbons (Fsp3) is 0.182. The number of carbonyl (C=O) groups is 1. The third kappa shape index (κ3) is 2.08. The lowest BCUT2D eigenvalue weighted by molar-refractivity contribution is 0.207. The molecule has 0 bridgehead atoms. The summed E-state index contributed by atoms with van der Waals surface area (Å²) in [5.74, 6) is 0. The molecule has 16 heavy (non-hydrogen) atoms. The lowest BCUT2D eigenvalue weighted by Crippen LogP contribution is -2.34. The van der Waals surface area contributed by atoms with Gasteiger partial charge in [0.15, 0.2) is 0 Å². The zero-order chi connectivity index (χ0) is 11.5. The Bertz CT molecular complexity index is 333. The maximum atomic E-state index is 12.0. The first-order valence-electron chi connectivity index (χ1n) is 4.94. The Hall–Kier alpha value is -2.17. The summed E-state index contributed by atoms with van der Waals surface area (Å²) in [4.78, 5) is 18.8. The molecular weight excluding hydrogens is 204 g/mol. The van der Waals surface area contributed by atoms with Gasteiger partial charge < -0.3 is 9.80 Å². The number of carbonyl (C=O) groups excluding carboxylic acids is 1. The molecule has 0 atom stereocenters. The Balaban J connectivity index is 2.04. The van der Waals surface area contributed by atoms with Gasteiger partial charge in [-0.15, -0.1) is 0 Å². The van der Waals surface area contributed by atoms with Gasteiger partial charge >= 0.3 is 6.03 Å². The summed E-state index contributed by atoms with van der Waals surface area (Å²) < 4.78 is 0. The van der Waals surface area contributed by atoms with Crippen LogP contribution in [-0.2, 0) is 0 Å². The van der Waals surface area contributed by atoms with Crippen LogP contribution < -0.4 is 0 Å². The quantitative estimate of drug-likeness (QED) is 0.617. The molecule has 5 heteroatoms. The summed E-state index contributed by atoms with van der Waals surface area (Å²) in [6, 6.07) is -0.110. The first-order chi connectivity index (χ1) is 7.66. The van der Waals surface area contributed by atoms with Gasteiger partial charge in [0.1, 0.15) is 0 Å². The molecule has 2 aliphatic heterocycles. The standard InChI is InChI=1S/C11H14N4O/c1-12-3-7-14(8-4-12)11(16)15-9-5-13(2)6-10-15/h3-10H,1-2H3. The third-order valence-electron chi connectivity index (χ3n) is 2.29. The van der Waals surface area contributed by atoms with Crippen LogP contribution in [0.2, 0.25) is 0 Å². The van der Waals surface area contributed by atoms with Gasteiger partial charge in [-0.2, -0.15) is 0 Å². The summed E-state index contributed by atoms with van der Waals surface area (Å²) >= 11 is 0. The van der Waals surface area contributed by atoms with E-state index in [1.807, 2.05) is 48.7 Å². The van der Waals surface area contributed by atoms with Crippen molar-refractivity contribution in [2.24, 2.45) is 0 Å². The highest BCUT2D eigenvalue weighted by atomic mass is 16.2. The van der Waals surface area contributed by atoms with Crippen molar-refractivity contribution in [1.82, 2.24) is 19.6 Å². The van der Waals surface area contributed by atoms with Crippen molar-refractivity contribution < 1.29 is 4.79 Å². The van der Waals surface area contributed by atoms with E-state index in [1.165, 1.54) is 9.80 Å². The zero-order valence-corrected chi connectivity index (χ0v) is 9.32. The predicted octanol–water partition coefficient (Wildman–Crippen LogP) is 1.49. The van der Waals surface area contributed by atoms with Gasteiger partial charge in [-0.3, -0.25) is 9.80 Å². The highest BCUT2D eigenvalue weighted by Gasteiger charge is 2.16. The second-order valence-electron chi connectivity index (χ2n) is 3.62. The molecule has 0 saturated carbocycles. The van der Waals surface area contributed by atoms with Gasteiger partial charge in [-0.05, 0) is 0 Å². The molecule has 0 aliphatic carbocycles. The van der Waals surface area contributed by atoms with Crippen LogP contribution in [0.15, 0.2) is 49.6 Å². The summed E-state index contributed by atoms with van der Waals surface area (Å²) in [6.45, 7) is 0. The van der Waals surface area contributed by atoms with E-state index in [2.05, 4.69) is 0 Å². The van der Waals surface area contributed by atoms with Gasteiger partial charge in [0, 0.05) is 63.7 Å². The molecule has 0 aromatic rings. The molecule has 0 spiro atoms. The second kappa shape index (κ2) is 4.14. The summed E-state index contributed by atoms with van der Waals surface area (Å²) in [5, 5.41) is 0. The number of hydrogen-bond donors (Lipinski definition) is 0. The third-order valence-corrected chi connectivity index (χ3v) is 2.29. The van der Waals surface area contributed by atoms with Crippen LogP contribution in [0, 0.1) is 0 Å². The highest BCUT2D eigenvalue weighted by molar-refractivity contribution is 5.79. The van der Waals surface area contributed by atoms with E-state index in [4.69, 9.17) is 0 Å². The molecular formula is C11H14N4O. The fourth-order valence-corrected chi connectivity index (χ4v) is 1.30. The summed E-state index contributed by atoms with van der Waals surface area (Å²) in [6.07, 6.45) is 14.2. The van der Waals surface area contributed by atoms with E-state index in [-0.39, 0.29) is 6.03 Å². The molecule has 5 nitrogen and oxygen atoms in total.